The fraction of sp³-hybridized carbons (Fsp3) is 0.672. The Morgan fingerprint density at radius 1 is 0.328 bits per heavy atom. The standard InChI is InChI=1S/C58H96O6/c1-4-7-10-13-16-19-22-25-27-28-29-31-33-36-39-42-45-48-51-57(60)63-54-55(53-62-56(59)50-47-44-41-38-35-32-24-21-18-15-12-9-6-3)64-58(61)52-49-46-43-40-37-34-30-26-23-20-17-14-11-8-5-2/h8-9,11-12,14-15,17-18,20-21,23-24,27-29,31,55H,4-7,10,13,16,19,22,25-26,30,32-54H2,1-3H3/b11-8+,12-9+,17-14+,18-15+,23-20+,24-21+,28-27+,31-29+. The van der Waals surface area contributed by atoms with Crippen LogP contribution in [-0.4, -0.2) is 37.2 Å². The normalized spacial score (nSPS) is 12.9. The van der Waals surface area contributed by atoms with Crippen molar-refractivity contribution in [3.8, 4) is 0 Å². The monoisotopic (exact) mass is 889 g/mol. The Bertz CT molecular complexity index is 1300. The molecular formula is C58H96O6. The zero-order valence-corrected chi connectivity index (χ0v) is 41.5. The lowest BCUT2D eigenvalue weighted by Gasteiger charge is -2.18. The third-order valence-electron chi connectivity index (χ3n) is 11.0. The van der Waals surface area contributed by atoms with Crippen molar-refractivity contribution in [1.82, 2.24) is 0 Å². The second-order valence-electron chi connectivity index (χ2n) is 17.2. The summed E-state index contributed by atoms with van der Waals surface area (Å²) in [6.45, 7) is 6.32. The van der Waals surface area contributed by atoms with Crippen LogP contribution < -0.4 is 0 Å². The lowest BCUT2D eigenvalue weighted by molar-refractivity contribution is -0.167. The van der Waals surface area contributed by atoms with Crippen molar-refractivity contribution in [2.24, 2.45) is 0 Å². The molecule has 0 aromatic rings. The smallest absolute Gasteiger partial charge is 0.306 e. The van der Waals surface area contributed by atoms with Crippen molar-refractivity contribution in [2.45, 2.75) is 239 Å². The first-order valence-electron chi connectivity index (χ1n) is 26.3. The molecule has 6 nitrogen and oxygen atoms in total. The quantitative estimate of drug-likeness (QED) is 0.0262. The first-order chi connectivity index (χ1) is 31.5. The van der Waals surface area contributed by atoms with Gasteiger partial charge >= 0.3 is 17.9 Å². The van der Waals surface area contributed by atoms with Crippen LogP contribution in [0.3, 0.4) is 0 Å². The Labute approximate surface area is 394 Å². The SMILES string of the molecule is CC/C=C/C=C/C=C/CCCCCCCCCC(=O)OC(COC(=O)CCCCCCC/C=C/C=C/C=C/CC)COC(=O)CCCCCCC/C=C/C=C/CCCCCCCCC. The van der Waals surface area contributed by atoms with E-state index in [-0.39, 0.29) is 31.1 Å². The van der Waals surface area contributed by atoms with Gasteiger partial charge < -0.3 is 14.2 Å². The molecule has 0 bridgehead atoms. The number of rotatable bonds is 46. The van der Waals surface area contributed by atoms with E-state index in [1.807, 2.05) is 0 Å². The predicted molar refractivity (Wildman–Crippen MR) is 274 cm³/mol. The van der Waals surface area contributed by atoms with Gasteiger partial charge in [0.05, 0.1) is 0 Å². The largest absolute Gasteiger partial charge is 0.462 e. The molecule has 0 saturated heterocycles. The van der Waals surface area contributed by atoms with Gasteiger partial charge in [-0.1, -0.05) is 227 Å². The second kappa shape index (κ2) is 52.0. The molecule has 0 amide bonds. The Kier molecular flexibility index (Phi) is 49.0. The molecule has 6 heteroatoms. The summed E-state index contributed by atoms with van der Waals surface area (Å²) in [6, 6.07) is 0. The molecule has 0 aromatic heterocycles. The number of unbranched alkanes of at least 4 members (excludes halogenated alkanes) is 24. The Morgan fingerprint density at radius 3 is 0.953 bits per heavy atom. The second-order valence-corrected chi connectivity index (χ2v) is 17.2. The van der Waals surface area contributed by atoms with Gasteiger partial charge in [0, 0.05) is 19.3 Å². The van der Waals surface area contributed by atoms with Gasteiger partial charge in [-0.05, 0) is 83.5 Å². The number of esters is 3. The van der Waals surface area contributed by atoms with Gasteiger partial charge in [-0.2, -0.15) is 0 Å². The molecule has 0 spiro atoms. The van der Waals surface area contributed by atoms with E-state index in [1.54, 1.807) is 0 Å². The van der Waals surface area contributed by atoms with Crippen molar-refractivity contribution in [3.05, 3.63) is 97.2 Å². The van der Waals surface area contributed by atoms with Crippen molar-refractivity contribution in [3.63, 3.8) is 0 Å². The maximum absolute atomic E-state index is 12.8. The molecular weight excluding hydrogens is 793 g/mol. The van der Waals surface area contributed by atoms with Crippen LogP contribution in [0, 0.1) is 0 Å². The molecule has 64 heavy (non-hydrogen) atoms. The minimum absolute atomic E-state index is 0.0985. The highest BCUT2D eigenvalue weighted by Crippen LogP contribution is 2.14. The summed E-state index contributed by atoms with van der Waals surface area (Å²) in [4.78, 5) is 38.0. The summed E-state index contributed by atoms with van der Waals surface area (Å²) in [5.41, 5.74) is 0. The van der Waals surface area contributed by atoms with Gasteiger partial charge in [-0.15, -0.1) is 0 Å². The van der Waals surface area contributed by atoms with E-state index >= 15 is 0 Å². The maximum atomic E-state index is 12.8. The number of ether oxygens (including phenoxy) is 3. The van der Waals surface area contributed by atoms with Crippen LogP contribution in [0.25, 0.3) is 0 Å². The van der Waals surface area contributed by atoms with Crippen molar-refractivity contribution >= 4 is 17.9 Å². The highest BCUT2D eigenvalue weighted by atomic mass is 16.6. The lowest BCUT2D eigenvalue weighted by atomic mass is 10.1. The highest BCUT2D eigenvalue weighted by Gasteiger charge is 2.19. The predicted octanol–water partition coefficient (Wildman–Crippen LogP) is 17.4. The first-order valence-corrected chi connectivity index (χ1v) is 26.3. The summed E-state index contributed by atoms with van der Waals surface area (Å²) in [6.07, 6.45) is 68.2. The maximum Gasteiger partial charge on any atom is 0.306 e. The van der Waals surface area contributed by atoms with Crippen molar-refractivity contribution in [2.75, 3.05) is 13.2 Å². The average Bonchev–Trinajstić information content (AvgIpc) is 3.29. The van der Waals surface area contributed by atoms with E-state index in [0.29, 0.717) is 19.3 Å². The van der Waals surface area contributed by atoms with Gasteiger partial charge in [0.15, 0.2) is 6.10 Å². The summed E-state index contributed by atoms with van der Waals surface area (Å²) in [5, 5.41) is 0. The number of carbonyl (C=O) groups is 3. The fourth-order valence-corrected chi connectivity index (χ4v) is 7.02. The Morgan fingerprint density at radius 2 is 0.609 bits per heavy atom. The van der Waals surface area contributed by atoms with Crippen molar-refractivity contribution < 1.29 is 28.6 Å². The fourth-order valence-electron chi connectivity index (χ4n) is 7.02. The molecule has 0 aliphatic heterocycles. The van der Waals surface area contributed by atoms with Crippen LogP contribution in [-0.2, 0) is 28.6 Å². The number of hydrogen-bond donors (Lipinski definition) is 0. The van der Waals surface area contributed by atoms with E-state index in [2.05, 4.69) is 118 Å². The first kappa shape index (κ1) is 60.3. The molecule has 0 fully saturated rings. The number of carbonyl (C=O) groups excluding carboxylic acids is 3. The molecule has 0 aliphatic rings. The Balaban J connectivity index is 4.45. The van der Waals surface area contributed by atoms with Gasteiger partial charge in [0.25, 0.3) is 0 Å². The molecule has 0 N–H and O–H groups in total. The van der Waals surface area contributed by atoms with Gasteiger partial charge in [0.1, 0.15) is 13.2 Å². The van der Waals surface area contributed by atoms with E-state index < -0.39 is 6.10 Å². The van der Waals surface area contributed by atoms with Crippen LogP contribution in [0.2, 0.25) is 0 Å². The molecule has 1 atom stereocenters. The molecule has 0 heterocycles. The van der Waals surface area contributed by atoms with E-state index in [0.717, 1.165) is 122 Å². The highest BCUT2D eigenvalue weighted by molar-refractivity contribution is 5.71. The molecule has 0 aromatic carbocycles. The average molecular weight is 889 g/mol. The Hall–Kier alpha value is -3.67. The summed E-state index contributed by atoms with van der Waals surface area (Å²) in [5.74, 6) is -0.947. The van der Waals surface area contributed by atoms with E-state index in [4.69, 9.17) is 14.2 Å². The van der Waals surface area contributed by atoms with Crippen LogP contribution in [0.1, 0.15) is 233 Å². The van der Waals surface area contributed by atoms with E-state index in [9.17, 15) is 14.4 Å². The van der Waals surface area contributed by atoms with Crippen LogP contribution in [0.5, 0.6) is 0 Å². The topological polar surface area (TPSA) is 78.9 Å². The zero-order chi connectivity index (χ0) is 46.5. The third-order valence-corrected chi connectivity index (χ3v) is 11.0. The third kappa shape index (κ3) is 49.3. The molecule has 0 saturated carbocycles. The van der Waals surface area contributed by atoms with Gasteiger partial charge in [0.2, 0.25) is 0 Å². The minimum atomic E-state index is -0.800. The van der Waals surface area contributed by atoms with Crippen LogP contribution in [0.4, 0.5) is 0 Å². The van der Waals surface area contributed by atoms with Gasteiger partial charge in [-0.3, -0.25) is 14.4 Å². The minimum Gasteiger partial charge on any atom is -0.462 e. The van der Waals surface area contributed by atoms with Crippen LogP contribution in [0.15, 0.2) is 97.2 Å². The van der Waals surface area contributed by atoms with E-state index in [1.165, 1.54) is 70.6 Å². The summed E-state index contributed by atoms with van der Waals surface area (Å²) < 4.78 is 16.8. The summed E-state index contributed by atoms with van der Waals surface area (Å²) >= 11 is 0. The zero-order valence-electron chi connectivity index (χ0n) is 41.5. The number of allylic oxidation sites excluding steroid dienone is 16. The van der Waals surface area contributed by atoms with Crippen LogP contribution >= 0.6 is 0 Å². The van der Waals surface area contributed by atoms with Gasteiger partial charge in [-0.25, -0.2) is 0 Å². The molecule has 0 radical (unpaired) electrons. The van der Waals surface area contributed by atoms with Crippen molar-refractivity contribution in [1.29, 1.82) is 0 Å². The molecule has 364 valence electrons. The lowest BCUT2D eigenvalue weighted by Crippen LogP contribution is -2.30. The summed E-state index contributed by atoms with van der Waals surface area (Å²) in [7, 11) is 0. The molecule has 0 rings (SSSR count). The molecule has 1 unspecified atom stereocenters. The number of hydrogen-bond acceptors (Lipinski definition) is 6. The molecule has 0 aliphatic carbocycles.